The van der Waals surface area contributed by atoms with Gasteiger partial charge in [0.25, 0.3) is 0 Å². The number of benzene rings is 1. The minimum atomic E-state index is -1.10. The predicted molar refractivity (Wildman–Crippen MR) is 83.1 cm³/mol. The maximum atomic E-state index is 11.9. The number of amides is 2. The van der Waals surface area contributed by atoms with Crippen molar-refractivity contribution in [2.75, 3.05) is 5.32 Å². The summed E-state index contributed by atoms with van der Waals surface area (Å²) >= 11 is 2.01. The lowest BCUT2D eigenvalue weighted by molar-refractivity contribution is 0.0698. The summed E-state index contributed by atoms with van der Waals surface area (Å²) in [5, 5.41) is 20.6. The van der Waals surface area contributed by atoms with Gasteiger partial charge in [0, 0.05) is 3.57 Å². The number of rotatable bonds is 4. The van der Waals surface area contributed by atoms with Crippen LogP contribution < -0.4 is 10.6 Å². The second-order valence-corrected chi connectivity index (χ2v) is 5.43. The number of hydrogen-bond acceptors (Lipinski definition) is 4. The smallest absolute Gasteiger partial charge is 0.337 e. The van der Waals surface area contributed by atoms with Gasteiger partial charge in [-0.2, -0.15) is 5.10 Å². The van der Waals surface area contributed by atoms with E-state index in [0.29, 0.717) is 5.82 Å². The van der Waals surface area contributed by atoms with Crippen LogP contribution in [0.25, 0.3) is 0 Å². The molecule has 0 saturated heterocycles. The number of aromatic amines is 1. The quantitative estimate of drug-likeness (QED) is 0.585. The summed E-state index contributed by atoms with van der Waals surface area (Å²) in [6, 6.07) is 3.83. The molecule has 0 aliphatic carbocycles. The topological polar surface area (TPSA) is 120 Å². The highest BCUT2D eigenvalue weighted by Crippen LogP contribution is 2.19. The van der Waals surface area contributed by atoms with Gasteiger partial charge in [-0.25, -0.2) is 14.6 Å². The number of nitrogens with one attached hydrogen (secondary N) is 3. The van der Waals surface area contributed by atoms with E-state index in [-0.39, 0.29) is 17.3 Å². The lowest BCUT2D eigenvalue weighted by atomic mass is 10.2. The van der Waals surface area contributed by atoms with Crippen LogP contribution in [-0.4, -0.2) is 32.3 Å². The van der Waals surface area contributed by atoms with Crippen molar-refractivity contribution in [3.8, 4) is 0 Å². The first kappa shape index (κ1) is 15.2. The molecular weight excluding hydrogens is 389 g/mol. The molecule has 0 fully saturated rings. The highest BCUT2D eigenvalue weighted by Gasteiger charge is 2.15. The Kier molecular flexibility index (Phi) is 4.73. The third-order valence-corrected chi connectivity index (χ3v) is 3.32. The van der Waals surface area contributed by atoms with Crippen molar-refractivity contribution in [1.29, 1.82) is 0 Å². The molecule has 9 heteroatoms. The van der Waals surface area contributed by atoms with Crippen LogP contribution in [0.4, 0.5) is 10.5 Å². The van der Waals surface area contributed by atoms with E-state index in [0.717, 1.165) is 3.57 Å². The minimum absolute atomic E-state index is 0.0318. The van der Waals surface area contributed by atoms with E-state index in [1.165, 1.54) is 12.4 Å². The maximum absolute atomic E-state index is 11.9. The molecule has 1 unspecified atom stereocenters. The average molecular weight is 401 g/mol. The molecule has 0 aliphatic heterocycles. The molecule has 4 N–H and O–H groups in total. The molecular formula is C12H12IN5O3. The minimum Gasteiger partial charge on any atom is -0.478 e. The molecule has 0 spiro atoms. The van der Waals surface area contributed by atoms with Crippen molar-refractivity contribution >= 4 is 40.3 Å². The van der Waals surface area contributed by atoms with E-state index in [4.69, 9.17) is 5.11 Å². The SMILES string of the molecule is CC(NC(=O)Nc1ccc(I)cc1C(=O)O)c1ncn[nH]1. The van der Waals surface area contributed by atoms with Gasteiger partial charge in [0.15, 0.2) is 0 Å². The van der Waals surface area contributed by atoms with Crippen molar-refractivity contribution in [1.82, 2.24) is 20.5 Å². The Morgan fingerprint density at radius 2 is 2.19 bits per heavy atom. The molecule has 0 bridgehead atoms. The van der Waals surface area contributed by atoms with E-state index in [2.05, 4.69) is 25.8 Å². The summed E-state index contributed by atoms with van der Waals surface area (Å²) in [5.41, 5.74) is 0.259. The Balaban J connectivity index is 2.08. The van der Waals surface area contributed by atoms with Gasteiger partial charge in [-0.1, -0.05) is 0 Å². The Bertz CT molecular complexity index is 659. The van der Waals surface area contributed by atoms with Crippen molar-refractivity contribution in [3.63, 3.8) is 0 Å². The van der Waals surface area contributed by atoms with Crippen LogP contribution in [0.5, 0.6) is 0 Å². The largest absolute Gasteiger partial charge is 0.478 e. The number of nitrogens with zero attached hydrogens (tertiary/aromatic N) is 2. The number of H-pyrrole nitrogens is 1. The predicted octanol–water partition coefficient (Wildman–Crippen LogP) is 1.99. The number of hydrogen-bond donors (Lipinski definition) is 4. The fourth-order valence-corrected chi connectivity index (χ4v) is 2.14. The average Bonchev–Trinajstić information content (AvgIpc) is 2.94. The standard InChI is InChI=1S/C12H12IN5O3/c1-6(10-14-5-15-18-10)16-12(21)17-9-3-2-7(13)4-8(9)11(19)20/h2-6H,1H3,(H,19,20)(H,14,15,18)(H2,16,17,21). The first-order chi connectivity index (χ1) is 9.97. The van der Waals surface area contributed by atoms with Crippen molar-refractivity contribution in [2.24, 2.45) is 0 Å². The number of carboxylic acid groups (broad SMARTS) is 1. The molecule has 2 aromatic rings. The number of carbonyl (C=O) groups excluding carboxylic acids is 1. The van der Waals surface area contributed by atoms with E-state index in [1.807, 2.05) is 22.6 Å². The summed E-state index contributed by atoms with van der Waals surface area (Å²) in [6.45, 7) is 1.73. The number of urea groups is 1. The third-order valence-electron chi connectivity index (χ3n) is 2.65. The van der Waals surface area contributed by atoms with Crippen LogP contribution in [0.2, 0.25) is 0 Å². The van der Waals surface area contributed by atoms with Crippen LogP contribution in [0.15, 0.2) is 24.5 Å². The number of aromatic carboxylic acids is 1. The fraction of sp³-hybridized carbons (Fsp3) is 0.167. The van der Waals surface area contributed by atoms with Gasteiger partial charge in [0.2, 0.25) is 0 Å². The number of halogens is 1. The lowest BCUT2D eigenvalue weighted by Crippen LogP contribution is -2.32. The van der Waals surface area contributed by atoms with E-state index in [9.17, 15) is 9.59 Å². The molecule has 8 nitrogen and oxygen atoms in total. The zero-order chi connectivity index (χ0) is 15.4. The van der Waals surface area contributed by atoms with Crippen molar-refractivity contribution in [2.45, 2.75) is 13.0 Å². The van der Waals surface area contributed by atoms with Gasteiger partial charge in [0.1, 0.15) is 12.2 Å². The summed E-state index contributed by atoms with van der Waals surface area (Å²) < 4.78 is 0.769. The van der Waals surface area contributed by atoms with Crippen LogP contribution in [-0.2, 0) is 0 Å². The zero-order valence-corrected chi connectivity index (χ0v) is 13.1. The Labute approximate surface area is 133 Å². The highest BCUT2D eigenvalue weighted by atomic mass is 127. The number of carbonyl (C=O) groups is 2. The Morgan fingerprint density at radius 1 is 1.43 bits per heavy atom. The second kappa shape index (κ2) is 6.52. The molecule has 110 valence electrons. The summed E-state index contributed by atoms with van der Waals surface area (Å²) in [6.07, 6.45) is 1.34. The number of carboxylic acids is 1. The monoisotopic (exact) mass is 401 g/mol. The number of anilines is 1. The molecule has 21 heavy (non-hydrogen) atoms. The summed E-state index contributed by atoms with van der Waals surface area (Å²) in [5.74, 6) is -0.599. The third kappa shape index (κ3) is 3.90. The zero-order valence-electron chi connectivity index (χ0n) is 10.9. The fourth-order valence-electron chi connectivity index (χ4n) is 1.65. The van der Waals surface area contributed by atoms with Crippen LogP contribution in [0.1, 0.15) is 29.1 Å². The first-order valence-electron chi connectivity index (χ1n) is 5.93. The number of aromatic nitrogens is 3. The highest BCUT2D eigenvalue weighted by molar-refractivity contribution is 14.1. The molecule has 0 radical (unpaired) electrons. The van der Waals surface area contributed by atoms with Crippen LogP contribution in [0.3, 0.4) is 0 Å². The van der Waals surface area contributed by atoms with Gasteiger partial charge in [0.05, 0.1) is 17.3 Å². The molecule has 1 heterocycles. The Morgan fingerprint density at radius 3 is 2.81 bits per heavy atom. The van der Waals surface area contributed by atoms with Crippen molar-refractivity contribution < 1.29 is 14.7 Å². The molecule has 2 rings (SSSR count). The van der Waals surface area contributed by atoms with Crippen LogP contribution in [0, 0.1) is 3.57 Å². The van der Waals surface area contributed by atoms with Gasteiger partial charge < -0.3 is 15.7 Å². The van der Waals surface area contributed by atoms with E-state index >= 15 is 0 Å². The van der Waals surface area contributed by atoms with Gasteiger partial charge >= 0.3 is 12.0 Å². The van der Waals surface area contributed by atoms with E-state index < -0.39 is 12.0 Å². The van der Waals surface area contributed by atoms with Crippen molar-refractivity contribution in [3.05, 3.63) is 39.5 Å². The normalized spacial score (nSPS) is 11.7. The molecule has 0 aliphatic rings. The first-order valence-corrected chi connectivity index (χ1v) is 7.01. The van der Waals surface area contributed by atoms with Gasteiger partial charge in [-0.15, -0.1) is 0 Å². The molecule has 2 amide bonds. The molecule has 1 aromatic heterocycles. The summed E-state index contributed by atoms with van der Waals surface area (Å²) in [7, 11) is 0. The lowest BCUT2D eigenvalue weighted by Gasteiger charge is -2.13. The molecule has 1 aromatic carbocycles. The molecule has 0 saturated carbocycles. The Hall–Kier alpha value is -2.17. The van der Waals surface area contributed by atoms with Gasteiger partial charge in [-0.05, 0) is 47.7 Å². The second-order valence-electron chi connectivity index (χ2n) is 4.19. The van der Waals surface area contributed by atoms with Crippen LogP contribution >= 0.6 is 22.6 Å². The van der Waals surface area contributed by atoms with E-state index in [1.54, 1.807) is 19.1 Å². The maximum Gasteiger partial charge on any atom is 0.337 e. The van der Waals surface area contributed by atoms with Gasteiger partial charge in [-0.3, -0.25) is 5.10 Å². The summed E-state index contributed by atoms with van der Waals surface area (Å²) in [4.78, 5) is 27.0. The molecule has 1 atom stereocenters.